The zero-order chi connectivity index (χ0) is 32.2. The number of aromatic nitrogens is 7. The summed E-state index contributed by atoms with van der Waals surface area (Å²) in [5, 5.41) is 15.6. The van der Waals surface area contributed by atoms with Crippen molar-refractivity contribution in [3.63, 3.8) is 0 Å². The molecule has 2 aromatic heterocycles. The molecule has 2 aromatic carbocycles. The van der Waals surface area contributed by atoms with Gasteiger partial charge < -0.3 is 0 Å². The van der Waals surface area contributed by atoms with Gasteiger partial charge in [-0.25, -0.2) is 9.67 Å². The van der Waals surface area contributed by atoms with E-state index in [2.05, 4.69) is 25.7 Å². The molecule has 0 aliphatic carbocycles. The standard InChI is InChI=1S/C22H11F14N7/c23-17(24,19(27,28)21(31,32)33)15-37-16(18(25,26)20(29,30)22(34,35)36)43(40-15)9-10-5-7-11(8-6-10)12-3-1-2-4-13(12)14-38-41-42-39-14/h1-8H,9H2,(H,38,39,41,42). The maximum Gasteiger partial charge on any atom is 0.460 e. The highest BCUT2D eigenvalue weighted by Gasteiger charge is 2.78. The fourth-order valence-corrected chi connectivity index (χ4v) is 3.62. The van der Waals surface area contributed by atoms with Crippen molar-refractivity contribution in [2.24, 2.45) is 0 Å². The van der Waals surface area contributed by atoms with E-state index >= 15 is 0 Å². The van der Waals surface area contributed by atoms with Crippen molar-refractivity contribution in [2.75, 3.05) is 0 Å². The van der Waals surface area contributed by atoms with Crippen molar-refractivity contribution in [1.29, 1.82) is 0 Å². The number of hydrogen-bond acceptors (Lipinski definition) is 5. The van der Waals surface area contributed by atoms with Gasteiger partial charge in [0.15, 0.2) is 0 Å². The zero-order valence-corrected chi connectivity index (χ0v) is 20.3. The number of aromatic amines is 1. The van der Waals surface area contributed by atoms with Gasteiger partial charge in [-0.3, -0.25) is 0 Å². The lowest BCUT2D eigenvalue weighted by Gasteiger charge is -2.27. The van der Waals surface area contributed by atoms with E-state index in [0.29, 0.717) is 16.7 Å². The summed E-state index contributed by atoms with van der Waals surface area (Å²) in [5.74, 6) is -33.1. The second-order valence-corrected chi connectivity index (χ2v) is 8.69. The number of halogens is 14. The van der Waals surface area contributed by atoms with Gasteiger partial charge in [0.05, 0.1) is 6.54 Å². The smallest absolute Gasteiger partial charge is 0.240 e. The summed E-state index contributed by atoms with van der Waals surface area (Å²) in [5.41, 5.74) is 0.850. The third-order valence-corrected chi connectivity index (χ3v) is 5.84. The van der Waals surface area contributed by atoms with Crippen molar-refractivity contribution in [2.45, 2.75) is 42.6 Å². The van der Waals surface area contributed by atoms with E-state index in [1.165, 1.54) is 12.1 Å². The predicted molar refractivity (Wildman–Crippen MR) is 114 cm³/mol. The molecule has 0 fully saturated rings. The lowest BCUT2D eigenvalue weighted by atomic mass is 9.98. The van der Waals surface area contributed by atoms with E-state index in [-0.39, 0.29) is 11.4 Å². The molecule has 0 aliphatic rings. The lowest BCUT2D eigenvalue weighted by Crippen LogP contribution is -2.51. The van der Waals surface area contributed by atoms with Crippen molar-refractivity contribution < 1.29 is 61.5 Å². The van der Waals surface area contributed by atoms with Crippen LogP contribution in [0.5, 0.6) is 0 Å². The second-order valence-electron chi connectivity index (χ2n) is 8.69. The van der Waals surface area contributed by atoms with Crippen LogP contribution in [0.2, 0.25) is 0 Å². The highest BCUT2D eigenvalue weighted by atomic mass is 19.4. The van der Waals surface area contributed by atoms with Gasteiger partial charge in [0, 0.05) is 5.56 Å². The molecule has 1 N–H and O–H groups in total. The normalized spacial score (nSPS) is 13.9. The molecule has 4 aromatic rings. The van der Waals surface area contributed by atoms with Crippen molar-refractivity contribution >= 4 is 0 Å². The number of alkyl halides is 14. The Kier molecular flexibility index (Phi) is 7.45. The van der Waals surface area contributed by atoms with Crippen LogP contribution in [-0.2, 0) is 18.4 Å². The van der Waals surface area contributed by atoms with E-state index in [1.54, 1.807) is 24.3 Å². The molecule has 21 heteroatoms. The number of H-pyrrole nitrogens is 1. The Morgan fingerprint density at radius 3 is 1.70 bits per heavy atom. The van der Waals surface area contributed by atoms with Crippen LogP contribution in [0.1, 0.15) is 17.2 Å². The van der Waals surface area contributed by atoms with Crippen molar-refractivity contribution in [3.8, 4) is 22.5 Å². The predicted octanol–water partition coefficient (Wildman–Crippen LogP) is 6.75. The summed E-state index contributed by atoms with van der Waals surface area (Å²) in [7, 11) is 0. The quantitative estimate of drug-likeness (QED) is 0.216. The summed E-state index contributed by atoms with van der Waals surface area (Å²) in [4.78, 5) is 1.98. The Morgan fingerprint density at radius 1 is 0.651 bits per heavy atom. The molecule has 0 radical (unpaired) electrons. The monoisotopic (exact) mass is 639 g/mol. The van der Waals surface area contributed by atoms with Crippen LogP contribution in [0, 0.1) is 0 Å². The van der Waals surface area contributed by atoms with Gasteiger partial charge in [-0.15, -0.1) is 15.3 Å². The molecule has 0 saturated heterocycles. The van der Waals surface area contributed by atoms with Gasteiger partial charge in [-0.1, -0.05) is 48.5 Å². The Hall–Kier alpha value is -4.33. The molecule has 0 unspecified atom stereocenters. The SMILES string of the molecule is FC(F)(F)C(F)(F)C(F)(F)c1nc(C(F)(F)C(F)(F)C(F)(F)F)n(Cc2ccc(-c3ccccc3-c3nn[nH]n3)cc2)n1. The number of nitrogens with one attached hydrogen (secondary N) is 1. The average molecular weight is 639 g/mol. The Bertz CT molecular complexity index is 1570. The van der Waals surface area contributed by atoms with Gasteiger partial charge in [0.1, 0.15) is 0 Å². The first kappa shape index (κ1) is 31.6. The van der Waals surface area contributed by atoms with Gasteiger partial charge in [-0.05, 0) is 21.9 Å². The van der Waals surface area contributed by atoms with Gasteiger partial charge in [-0.2, -0.15) is 66.7 Å². The Morgan fingerprint density at radius 2 is 1.19 bits per heavy atom. The number of benzene rings is 2. The van der Waals surface area contributed by atoms with Gasteiger partial charge in [0.2, 0.25) is 17.5 Å². The van der Waals surface area contributed by atoms with Crippen LogP contribution >= 0.6 is 0 Å². The summed E-state index contributed by atoms with van der Waals surface area (Å²) >= 11 is 0. The summed E-state index contributed by atoms with van der Waals surface area (Å²) in [6.45, 7) is -1.40. The molecular formula is C22H11F14N7. The fourth-order valence-electron chi connectivity index (χ4n) is 3.62. The minimum atomic E-state index is -7.05. The van der Waals surface area contributed by atoms with E-state index < -0.39 is 58.9 Å². The highest BCUT2D eigenvalue weighted by molar-refractivity contribution is 5.80. The van der Waals surface area contributed by atoms with Crippen molar-refractivity contribution in [3.05, 3.63) is 65.7 Å². The van der Waals surface area contributed by atoms with E-state index in [0.717, 1.165) is 12.1 Å². The van der Waals surface area contributed by atoms with Crippen LogP contribution in [0.15, 0.2) is 48.5 Å². The molecule has 43 heavy (non-hydrogen) atoms. The molecule has 232 valence electrons. The van der Waals surface area contributed by atoms with Gasteiger partial charge in [0.25, 0.3) is 0 Å². The first-order chi connectivity index (χ1) is 19.6. The molecule has 0 spiro atoms. The molecule has 7 nitrogen and oxygen atoms in total. The topological polar surface area (TPSA) is 85.2 Å². The lowest BCUT2D eigenvalue weighted by molar-refractivity contribution is -0.363. The highest BCUT2D eigenvalue weighted by Crippen LogP contribution is 2.54. The second kappa shape index (κ2) is 10.1. The zero-order valence-electron chi connectivity index (χ0n) is 20.3. The average Bonchev–Trinajstić information content (AvgIpc) is 3.59. The van der Waals surface area contributed by atoms with E-state index in [1.807, 2.05) is 4.98 Å². The third-order valence-electron chi connectivity index (χ3n) is 5.84. The Balaban J connectivity index is 1.80. The maximum atomic E-state index is 14.5. The van der Waals surface area contributed by atoms with E-state index in [9.17, 15) is 61.5 Å². The summed E-state index contributed by atoms with van der Waals surface area (Å²) in [6, 6.07) is 10.8. The first-order valence-corrected chi connectivity index (χ1v) is 11.2. The molecular weight excluding hydrogens is 628 g/mol. The third kappa shape index (κ3) is 5.24. The largest absolute Gasteiger partial charge is 0.460 e. The number of rotatable bonds is 8. The fraction of sp³-hybridized carbons (Fsp3) is 0.318. The minimum absolute atomic E-state index is 0.129. The molecule has 0 saturated carbocycles. The minimum Gasteiger partial charge on any atom is -0.240 e. The van der Waals surface area contributed by atoms with Gasteiger partial charge >= 0.3 is 36.0 Å². The maximum absolute atomic E-state index is 14.5. The van der Waals surface area contributed by atoms with Crippen LogP contribution in [0.25, 0.3) is 22.5 Å². The summed E-state index contributed by atoms with van der Waals surface area (Å²) in [6.07, 6.45) is -14.1. The molecule has 0 aliphatic heterocycles. The molecule has 0 bridgehead atoms. The molecule has 2 heterocycles. The number of tetrazole rings is 1. The number of hydrogen-bond donors (Lipinski definition) is 1. The first-order valence-electron chi connectivity index (χ1n) is 11.2. The van der Waals surface area contributed by atoms with Crippen LogP contribution in [-0.4, -0.2) is 59.6 Å². The Labute approximate surface area is 228 Å². The van der Waals surface area contributed by atoms with Crippen LogP contribution < -0.4 is 0 Å². The molecule has 4 rings (SSSR count). The van der Waals surface area contributed by atoms with Crippen molar-refractivity contribution in [1.82, 2.24) is 35.4 Å². The molecule has 0 amide bonds. The molecule has 0 atom stereocenters. The van der Waals surface area contributed by atoms with E-state index in [4.69, 9.17) is 0 Å². The summed E-state index contributed by atoms with van der Waals surface area (Å²) < 4.78 is 187. The van der Waals surface area contributed by atoms with Crippen LogP contribution in [0.4, 0.5) is 61.5 Å². The number of nitrogens with zero attached hydrogens (tertiary/aromatic N) is 6. The van der Waals surface area contributed by atoms with Crippen LogP contribution in [0.3, 0.4) is 0 Å².